The summed E-state index contributed by atoms with van der Waals surface area (Å²) in [5, 5.41) is 4.09. The second kappa shape index (κ2) is 13.4. The molecule has 0 fully saturated rings. The van der Waals surface area contributed by atoms with E-state index < -0.39 is 0 Å². The standard InChI is InChI=1S/C27H27IN2O5/c1-4-13-34-26-22(28)14-20(15-25(26)32-3)17-29-30-27(31)21-11-12-23(24(16-21)33-5-2)35-18-19-9-7-6-8-10-19/h4,6-12,14-17H,1,5,13,18H2,2-3H3,(H,30,31)/b29-17+. The number of carbonyl (C=O) groups is 1. The first-order valence-electron chi connectivity index (χ1n) is 10.9. The summed E-state index contributed by atoms with van der Waals surface area (Å²) in [7, 11) is 1.57. The van der Waals surface area contributed by atoms with Gasteiger partial charge in [0.25, 0.3) is 5.91 Å². The van der Waals surface area contributed by atoms with Crippen LogP contribution in [0, 0.1) is 3.57 Å². The van der Waals surface area contributed by atoms with Gasteiger partial charge in [0.2, 0.25) is 0 Å². The van der Waals surface area contributed by atoms with E-state index in [1.807, 2.05) is 43.3 Å². The van der Waals surface area contributed by atoms with E-state index in [0.29, 0.717) is 48.4 Å². The van der Waals surface area contributed by atoms with Crippen LogP contribution >= 0.6 is 22.6 Å². The molecular weight excluding hydrogens is 559 g/mol. The summed E-state index contributed by atoms with van der Waals surface area (Å²) < 4.78 is 23.5. The number of carbonyl (C=O) groups excluding carboxylic acids is 1. The third-order valence-corrected chi connectivity index (χ3v) is 5.52. The average Bonchev–Trinajstić information content (AvgIpc) is 2.87. The number of benzene rings is 3. The molecule has 0 saturated heterocycles. The third kappa shape index (κ3) is 7.48. The fraction of sp³-hybridized carbons (Fsp3) is 0.185. The molecule has 35 heavy (non-hydrogen) atoms. The van der Waals surface area contributed by atoms with E-state index in [1.54, 1.807) is 43.7 Å². The summed E-state index contributed by atoms with van der Waals surface area (Å²) in [5.41, 5.74) is 4.73. The molecule has 0 saturated carbocycles. The second-order valence-electron chi connectivity index (χ2n) is 7.20. The van der Waals surface area contributed by atoms with Crippen LogP contribution in [0.3, 0.4) is 0 Å². The van der Waals surface area contributed by atoms with Crippen molar-refractivity contribution >= 4 is 34.7 Å². The predicted molar refractivity (Wildman–Crippen MR) is 145 cm³/mol. The Kier molecular flexibility index (Phi) is 9.97. The van der Waals surface area contributed by atoms with Crippen LogP contribution in [0.2, 0.25) is 0 Å². The van der Waals surface area contributed by atoms with Crippen LogP contribution in [0.25, 0.3) is 0 Å². The van der Waals surface area contributed by atoms with Gasteiger partial charge in [-0.25, -0.2) is 5.43 Å². The van der Waals surface area contributed by atoms with Gasteiger partial charge in [0.1, 0.15) is 13.2 Å². The molecule has 0 bridgehead atoms. The van der Waals surface area contributed by atoms with Gasteiger partial charge in [-0.15, -0.1) is 0 Å². The fourth-order valence-corrected chi connectivity index (χ4v) is 3.88. The van der Waals surface area contributed by atoms with Crippen LogP contribution in [0.1, 0.15) is 28.4 Å². The molecule has 7 nitrogen and oxygen atoms in total. The van der Waals surface area contributed by atoms with Crippen molar-refractivity contribution in [1.82, 2.24) is 5.43 Å². The van der Waals surface area contributed by atoms with Crippen molar-refractivity contribution in [1.29, 1.82) is 0 Å². The van der Waals surface area contributed by atoms with Gasteiger partial charge in [-0.05, 0) is 71.0 Å². The van der Waals surface area contributed by atoms with Gasteiger partial charge in [-0.1, -0.05) is 43.0 Å². The van der Waals surface area contributed by atoms with Crippen LogP contribution in [0.4, 0.5) is 0 Å². The van der Waals surface area contributed by atoms with Crippen molar-refractivity contribution in [3.8, 4) is 23.0 Å². The van der Waals surface area contributed by atoms with Crippen molar-refractivity contribution in [3.63, 3.8) is 0 Å². The number of hydrogen-bond acceptors (Lipinski definition) is 6. The van der Waals surface area contributed by atoms with Gasteiger partial charge in [0.15, 0.2) is 23.0 Å². The van der Waals surface area contributed by atoms with Gasteiger partial charge in [-0.3, -0.25) is 4.79 Å². The molecule has 0 spiro atoms. The maximum absolute atomic E-state index is 12.7. The molecule has 1 amide bonds. The first-order chi connectivity index (χ1) is 17.0. The zero-order chi connectivity index (χ0) is 25.0. The lowest BCUT2D eigenvalue weighted by atomic mass is 10.2. The highest BCUT2D eigenvalue weighted by atomic mass is 127. The monoisotopic (exact) mass is 586 g/mol. The lowest BCUT2D eigenvalue weighted by Gasteiger charge is -2.13. The Bertz CT molecular complexity index is 1180. The molecule has 1 N–H and O–H groups in total. The molecule has 8 heteroatoms. The fourth-order valence-electron chi connectivity index (χ4n) is 3.10. The Morgan fingerprint density at radius 2 is 1.83 bits per heavy atom. The summed E-state index contributed by atoms with van der Waals surface area (Å²) in [6, 6.07) is 18.5. The van der Waals surface area contributed by atoms with Crippen LogP contribution in [-0.2, 0) is 6.61 Å². The molecule has 0 heterocycles. The smallest absolute Gasteiger partial charge is 0.271 e. The van der Waals surface area contributed by atoms with E-state index in [1.165, 1.54) is 0 Å². The molecule has 0 aliphatic heterocycles. The summed E-state index contributed by atoms with van der Waals surface area (Å²) in [5.74, 6) is 1.89. The number of rotatable bonds is 12. The molecule has 0 atom stereocenters. The lowest BCUT2D eigenvalue weighted by molar-refractivity contribution is 0.0954. The Labute approximate surface area is 218 Å². The average molecular weight is 586 g/mol. The first kappa shape index (κ1) is 26.1. The minimum atomic E-state index is -0.371. The van der Waals surface area contributed by atoms with E-state index in [4.69, 9.17) is 18.9 Å². The number of ether oxygens (including phenoxy) is 4. The Morgan fingerprint density at radius 3 is 2.54 bits per heavy atom. The van der Waals surface area contributed by atoms with Crippen LogP contribution in [0.5, 0.6) is 23.0 Å². The summed E-state index contributed by atoms with van der Waals surface area (Å²) >= 11 is 2.16. The summed E-state index contributed by atoms with van der Waals surface area (Å²) in [6.45, 7) is 6.75. The molecule has 3 aromatic carbocycles. The number of nitrogens with zero attached hydrogens (tertiary/aromatic N) is 1. The van der Waals surface area contributed by atoms with Crippen LogP contribution < -0.4 is 24.4 Å². The zero-order valence-corrected chi connectivity index (χ0v) is 21.8. The van der Waals surface area contributed by atoms with Gasteiger partial charge in [0, 0.05) is 5.56 Å². The minimum absolute atomic E-state index is 0.371. The first-order valence-corrected chi connectivity index (χ1v) is 12.0. The predicted octanol–water partition coefficient (Wildman–Crippen LogP) is 5.61. The van der Waals surface area contributed by atoms with Gasteiger partial charge in [0.05, 0.1) is 23.5 Å². The van der Waals surface area contributed by atoms with Crippen LogP contribution in [0.15, 0.2) is 78.4 Å². The van der Waals surface area contributed by atoms with E-state index in [-0.39, 0.29) is 5.91 Å². The molecule has 3 aromatic rings. The molecule has 0 unspecified atom stereocenters. The largest absolute Gasteiger partial charge is 0.493 e. The molecule has 0 radical (unpaired) electrons. The normalized spacial score (nSPS) is 10.6. The van der Waals surface area contributed by atoms with Crippen molar-refractivity contribution in [2.24, 2.45) is 5.10 Å². The molecular formula is C27H27IN2O5. The van der Waals surface area contributed by atoms with E-state index in [2.05, 4.69) is 39.7 Å². The molecule has 3 rings (SSSR count). The molecule has 0 aliphatic carbocycles. The number of hydrogen-bond donors (Lipinski definition) is 1. The number of amides is 1. The summed E-state index contributed by atoms with van der Waals surface area (Å²) in [6.07, 6.45) is 3.21. The van der Waals surface area contributed by atoms with E-state index in [9.17, 15) is 4.79 Å². The topological polar surface area (TPSA) is 78.4 Å². The second-order valence-corrected chi connectivity index (χ2v) is 8.36. The van der Waals surface area contributed by atoms with E-state index in [0.717, 1.165) is 14.7 Å². The molecule has 0 aliphatic rings. The Balaban J connectivity index is 1.68. The summed E-state index contributed by atoms with van der Waals surface area (Å²) in [4.78, 5) is 12.7. The zero-order valence-electron chi connectivity index (χ0n) is 19.6. The van der Waals surface area contributed by atoms with Crippen LogP contribution in [-0.4, -0.2) is 32.4 Å². The van der Waals surface area contributed by atoms with Crippen molar-refractivity contribution in [3.05, 3.63) is 93.6 Å². The Morgan fingerprint density at radius 1 is 1.03 bits per heavy atom. The lowest BCUT2D eigenvalue weighted by Crippen LogP contribution is -2.17. The maximum Gasteiger partial charge on any atom is 0.271 e. The third-order valence-electron chi connectivity index (χ3n) is 4.72. The Hall–Kier alpha value is -3.53. The van der Waals surface area contributed by atoms with Gasteiger partial charge >= 0.3 is 0 Å². The number of nitrogens with one attached hydrogen (secondary N) is 1. The van der Waals surface area contributed by atoms with Gasteiger partial charge < -0.3 is 18.9 Å². The molecule has 182 valence electrons. The minimum Gasteiger partial charge on any atom is -0.493 e. The van der Waals surface area contributed by atoms with Gasteiger partial charge in [-0.2, -0.15) is 5.10 Å². The van der Waals surface area contributed by atoms with Crippen molar-refractivity contribution in [2.75, 3.05) is 20.3 Å². The van der Waals surface area contributed by atoms with Crippen molar-refractivity contribution < 1.29 is 23.7 Å². The van der Waals surface area contributed by atoms with Crippen molar-refractivity contribution in [2.45, 2.75) is 13.5 Å². The molecule has 0 aromatic heterocycles. The highest BCUT2D eigenvalue weighted by molar-refractivity contribution is 14.1. The highest BCUT2D eigenvalue weighted by Crippen LogP contribution is 2.33. The number of hydrazone groups is 1. The SMILES string of the molecule is C=CCOc1c(I)cc(/C=N/NC(=O)c2ccc(OCc3ccccc3)c(OCC)c2)cc1OC. The maximum atomic E-state index is 12.7. The number of halogens is 1. The highest BCUT2D eigenvalue weighted by Gasteiger charge is 2.13. The van der Waals surface area contributed by atoms with E-state index >= 15 is 0 Å². The quantitative estimate of drug-likeness (QED) is 0.129. The number of methoxy groups -OCH3 is 1.